The highest BCUT2D eigenvalue weighted by atomic mass is 79.9. The molecule has 5 heteroatoms. The van der Waals surface area contributed by atoms with Gasteiger partial charge in [0.25, 0.3) is 5.91 Å². The number of methoxy groups -OCH3 is 1. The third-order valence-corrected chi connectivity index (χ3v) is 3.42. The van der Waals surface area contributed by atoms with Crippen LogP contribution in [0.3, 0.4) is 0 Å². The predicted octanol–water partition coefficient (Wildman–Crippen LogP) is 2.84. The second-order valence-corrected chi connectivity index (χ2v) is 4.39. The Balaban J connectivity index is 2.47. The number of fused-ring (bicyclic) bond motifs is 1. The molecule has 0 saturated heterocycles. The molecule has 0 spiro atoms. The number of ether oxygens (including phenoxy) is 1. The van der Waals surface area contributed by atoms with Crippen LogP contribution in [0.1, 0.15) is 16.1 Å². The Morgan fingerprint density at radius 1 is 1.53 bits per heavy atom. The first-order valence-corrected chi connectivity index (χ1v) is 5.89. The highest BCUT2D eigenvalue weighted by Crippen LogP contribution is 2.32. The molecule has 0 aliphatic heterocycles. The second-order valence-electron chi connectivity index (χ2n) is 3.59. The zero-order valence-corrected chi connectivity index (χ0v) is 11.1. The van der Waals surface area contributed by atoms with Gasteiger partial charge in [0.1, 0.15) is 18.1 Å². The molecule has 0 bridgehead atoms. The van der Waals surface area contributed by atoms with E-state index >= 15 is 0 Å². The van der Waals surface area contributed by atoms with Gasteiger partial charge in [0, 0.05) is 12.5 Å². The van der Waals surface area contributed by atoms with E-state index in [1.807, 2.05) is 19.1 Å². The second kappa shape index (κ2) is 4.89. The van der Waals surface area contributed by atoms with Crippen LogP contribution in [-0.2, 0) is 4.74 Å². The molecule has 4 nitrogen and oxygen atoms in total. The molecule has 17 heavy (non-hydrogen) atoms. The van der Waals surface area contributed by atoms with Crippen molar-refractivity contribution in [3.05, 3.63) is 34.0 Å². The SMILES string of the molecule is COCNC(=O)c1cccc2c(Br)c(C)oc12. The molecule has 0 fully saturated rings. The van der Waals surface area contributed by atoms with Crippen molar-refractivity contribution in [1.82, 2.24) is 5.32 Å². The highest BCUT2D eigenvalue weighted by molar-refractivity contribution is 9.10. The highest BCUT2D eigenvalue weighted by Gasteiger charge is 2.16. The maximum atomic E-state index is 11.9. The number of halogens is 1. The minimum Gasteiger partial charge on any atom is -0.459 e. The minimum absolute atomic E-state index is 0.177. The quantitative estimate of drug-likeness (QED) is 0.886. The van der Waals surface area contributed by atoms with Crippen molar-refractivity contribution in [2.24, 2.45) is 0 Å². The van der Waals surface area contributed by atoms with E-state index in [2.05, 4.69) is 21.2 Å². The molecule has 1 N–H and O–H groups in total. The Kier molecular flexibility index (Phi) is 3.49. The van der Waals surface area contributed by atoms with Crippen LogP contribution in [0, 0.1) is 6.92 Å². The van der Waals surface area contributed by atoms with E-state index < -0.39 is 0 Å². The number of furan rings is 1. The molecule has 0 saturated carbocycles. The molecule has 0 unspecified atom stereocenters. The number of carbonyl (C=O) groups excluding carboxylic acids is 1. The van der Waals surface area contributed by atoms with E-state index in [-0.39, 0.29) is 12.6 Å². The van der Waals surface area contributed by atoms with Crippen LogP contribution in [0.15, 0.2) is 27.1 Å². The van der Waals surface area contributed by atoms with E-state index in [1.54, 1.807) is 6.07 Å². The Morgan fingerprint density at radius 2 is 2.29 bits per heavy atom. The van der Waals surface area contributed by atoms with E-state index in [0.717, 1.165) is 15.6 Å². The molecule has 90 valence electrons. The first kappa shape index (κ1) is 12.1. The fourth-order valence-corrected chi connectivity index (χ4v) is 2.01. The molecule has 0 radical (unpaired) electrons. The fraction of sp³-hybridized carbons (Fsp3) is 0.250. The Hall–Kier alpha value is -1.33. The summed E-state index contributed by atoms with van der Waals surface area (Å²) in [6.07, 6.45) is 0. The van der Waals surface area contributed by atoms with Crippen LogP contribution in [0.4, 0.5) is 0 Å². The van der Waals surface area contributed by atoms with Gasteiger partial charge in [-0.05, 0) is 35.0 Å². The van der Waals surface area contributed by atoms with Gasteiger partial charge in [0.05, 0.1) is 10.0 Å². The summed E-state index contributed by atoms with van der Waals surface area (Å²) in [4.78, 5) is 11.9. The average Bonchev–Trinajstić information content (AvgIpc) is 2.62. The summed E-state index contributed by atoms with van der Waals surface area (Å²) in [7, 11) is 1.52. The molecular formula is C12H12BrNO3. The Bertz CT molecular complexity index is 562. The molecule has 1 amide bonds. The van der Waals surface area contributed by atoms with Crippen LogP contribution >= 0.6 is 15.9 Å². The standard InChI is InChI=1S/C12H12BrNO3/c1-7-10(13)8-4-3-5-9(11(8)17-7)12(15)14-6-16-2/h3-5H,6H2,1-2H3,(H,14,15). The van der Waals surface area contributed by atoms with Crippen LogP contribution in [0.25, 0.3) is 11.0 Å². The average molecular weight is 298 g/mol. The summed E-state index contributed by atoms with van der Waals surface area (Å²) in [6, 6.07) is 5.45. The van der Waals surface area contributed by atoms with Crippen molar-refractivity contribution in [3.8, 4) is 0 Å². The predicted molar refractivity (Wildman–Crippen MR) is 68.0 cm³/mol. The fourth-order valence-electron chi connectivity index (χ4n) is 1.62. The van der Waals surface area contributed by atoms with Gasteiger partial charge in [-0.1, -0.05) is 6.07 Å². The van der Waals surface area contributed by atoms with Gasteiger partial charge in [-0.15, -0.1) is 0 Å². The molecule has 2 rings (SSSR count). The number of benzene rings is 1. The zero-order valence-electron chi connectivity index (χ0n) is 9.54. The van der Waals surface area contributed by atoms with Crippen molar-refractivity contribution in [1.29, 1.82) is 0 Å². The van der Waals surface area contributed by atoms with Crippen LogP contribution in [0.5, 0.6) is 0 Å². The maximum Gasteiger partial charge on any atom is 0.256 e. The summed E-state index contributed by atoms with van der Waals surface area (Å²) in [5.74, 6) is 0.547. The lowest BCUT2D eigenvalue weighted by Crippen LogP contribution is -2.25. The van der Waals surface area contributed by atoms with E-state index in [9.17, 15) is 4.79 Å². The van der Waals surface area contributed by atoms with Gasteiger partial charge in [-0.3, -0.25) is 4.79 Å². The van der Waals surface area contributed by atoms with Crippen LogP contribution in [-0.4, -0.2) is 19.7 Å². The van der Waals surface area contributed by atoms with Crippen molar-refractivity contribution in [2.45, 2.75) is 6.92 Å². The van der Waals surface area contributed by atoms with Crippen LogP contribution in [0.2, 0.25) is 0 Å². The summed E-state index contributed by atoms with van der Waals surface area (Å²) < 4.78 is 11.3. The number of hydrogen-bond acceptors (Lipinski definition) is 3. The summed E-state index contributed by atoms with van der Waals surface area (Å²) >= 11 is 3.44. The van der Waals surface area contributed by atoms with Gasteiger partial charge in [-0.25, -0.2) is 0 Å². The summed E-state index contributed by atoms with van der Waals surface area (Å²) in [5.41, 5.74) is 1.10. The van der Waals surface area contributed by atoms with Crippen molar-refractivity contribution < 1.29 is 13.9 Å². The van der Waals surface area contributed by atoms with E-state index in [0.29, 0.717) is 11.1 Å². The lowest BCUT2D eigenvalue weighted by molar-refractivity contribution is 0.0873. The molecule has 0 aliphatic rings. The van der Waals surface area contributed by atoms with Gasteiger partial charge in [0.2, 0.25) is 0 Å². The minimum atomic E-state index is -0.210. The normalized spacial score (nSPS) is 10.8. The Morgan fingerprint density at radius 3 is 3.00 bits per heavy atom. The first-order valence-electron chi connectivity index (χ1n) is 5.10. The maximum absolute atomic E-state index is 11.9. The third-order valence-electron chi connectivity index (χ3n) is 2.44. The number of carbonyl (C=O) groups is 1. The van der Waals surface area contributed by atoms with Crippen molar-refractivity contribution in [2.75, 3.05) is 13.8 Å². The molecule has 1 aromatic heterocycles. The van der Waals surface area contributed by atoms with E-state index in [4.69, 9.17) is 9.15 Å². The van der Waals surface area contributed by atoms with Gasteiger partial charge >= 0.3 is 0 Å². The number of hydrogen-bond donors (Lipinski definition) is 1. The third kappa shape index (κ3) is 2.21. The lowest BCUT2D eigenvalue weighted by Gasteiger charge is -2.03. The number of amides is 1. The lowest BCUT2D eigenvalue weighted by atomic mass is 10.1. The van der Waals surface area contributed by atoms with Gasteiger partial charge in [0.15, 0.2) is 0 Å². The largest absolute Gasteiger partial charge is 0.459 e. The number of para-hydroxylation sites is 1. The van der Waals surface area contributed by atoms with Gasteiger partial charge in [-0.2, -0.15) is 0 Å². The zero-order chi connectivity index (χ0) is 12.4. The Labute approximate surface area is 107 Å². The first-order chi connectivity index (χ1) is 8.15. The molecule has 2 aromatic rings. The summed E-state index contributed by atoms with van der Waals surface area (Å²) in [6.45, 7) is 2.02. The number of rotatable bonds is 3. The molecule has 1 heterocycles. The molecule has 0 atom stereocenters. The number of aryl methyl sites for hydroxylation is 1. The van der Waals surface area contributed by atoms with E-state index in [1.165, 1.54) is 7.11 Å². The monoisotopic (exact) mass is 297 g/mol. The van der Waals surface area contributed by atoms with Gasteiger partial charge < -0.3 is 14.5 Å². The smallest absolute Gasteiger partial charge is 0.256 e. The topological polar surface area (TPSA) is 51.5 Å². The van der Waals surface area contributed by atoms with Crippen molar-refractivity contribution >= 4 is 32.8 Å². The number of nitrogens with one attached hydrogen (secondary N) is 1. The summed E-state index contributed by atoms with van der Waals surface area (Å²) in [5, 5.41) is 3.53. The van der Waals surface area contributed by atoms with Crippen LogP contribution < -0.4 is 5.32 Å². The molecule has 1 aromatic carbocycles. The molecular weight excluding hydrogens is 286 g/mol. The van der Waals surface area contributed by atoms with Crippen molar-refractivity contribution in [3.63, 3.8) is 0 Å². The molecule has 0 aliphatic carbocycles.